The molecule has 1 aromatic rings. The van der Waals surface area contributed by atoms with Crippen LogP contribution >= 0.6 is 0 Å². The number of nitrogens with one attached hydrogen (secondary N) is 1. The number of aromatic nitrogens is 2. The summed E-state index contributed by atoms with van der Waals surface area (Å²) in [6.45, 7) is 0.804. The molecule has 0 bridgehead atoms. The molecule has 1 amide bonds. The molecule has 2 aliphatic rings. The van der Waals surface area contributed by atoms with Crippen molar-refractivity contribution in [3.8, 4) is 0 Å². The van der Waals surface area contributed by atoms with Crippen LogP contribution in [0, 0.1) is 11.8 Å². The number of carbonyl (C=O) groups is 1. The number of anilines is 1. The Labute approximate surface area is 100 Å². The lowest BCUT2D eigenvalue weighted by Crippen LogP contribution is -2.45. The highest BCUT2D eigenvalue weighted by molar-refractivity contribution is 5.96. The average molecular weight is 232 g/mol. The van der Waals surface area contributed by atoms with Gasteiger partial charge in [0.25, 0.3) is 0 Å². The molecule has 90 valence electrons. The second-order valence-corrected chi connectivity index (χ2v) is 4.85. The molecule has 17 heavy (non-hydrogen) atoms. The zero-order valence-electron chi connectivity index (χ0n) is 9.84. The van der Waals surface area contributed by atoms with E-state index in [9.17, 15) is 4.79 Å². The summed E-state index contributed by atoms with van der Waals surface area (Å²) < 4.78 is 0. The maximum absolute atomic E-state index is 12.3. The predicted octanol–water partition coefficient (Wildman–Crippen LogP) is 0.437. The first kappa shape index (κ1) is 10.7. The summed E-state index contributed by atoms with van der Waals surface area (Å²) in [5, 5.41) is 3.12. The van der Waals surface area contributed by atoms with E-state index in [2.05, 4.69) is 15.3 Å². The SMILES string of the molecule is CNC1CC2CC2CN(c2ccncn2)C1=O. The average Bonchev–Trinajstić information content (AvgIpc) is 3.11. The third-order valence-electron chi connectivity index (χ3n) is 3.78. The molecule has 3 rings (SSSR count). The van der Waals surface area contributed by atoms with Gasteiger partial charge in [-0.15, -0.1) is 0 Å². The van der Waals surface area contributed by atoms with Crippen LogP contribution in [0.15, 0.2) is 18.6 Å². The second-order valence-electron chi connectivity index (χ2n) is 4.85. The number of carbonyl (C=O) groups excluding carboxylic acids is 1. The van der Waals surface area contributed by atoms with Gasteiger partial charge < -0.3 is 5.32 Å². The van der Waals surface area contributed by atoms with Crippen LogP contribution in [0.25, 0.3) is 0 Å². The molecule has 3 unspecified atom stereocenters. The number of rotatable bonds is 2. The predicted molar refractivity (Wildman–Crippen MR) is 63.4 cm³/mol. The maximum atomic E-state index is 12.3. The van der Waals surface area contributed by atoms with Crippen LogP contribution in [0.1, 0.15) is 12.8 Å². The normalized spacial score (nSPS) is 31.9. The van der Waals surface area contributed by atoms with Gasteiger partial charge in [0, 0.05) is 12.7 Å². The maximum Gasteiger partial charge on any atom is 0.245 e. The molecule has 0 spiro atoms. The molecule has 2 heterocycles. The van der Waals surface area contributed by atoms with Crippen LogP contribution in [0.4, 0.5) is 5.82 Å². The van der Waals surface area contributed by atoms with E-state index in [0.717, 1.165) is 18.8 Å². The van der Waals surface area contributed by atoms with Crippen LogP contribution in [0.2, 0.25) is 0 Å². The summed E-state index contributed by atoms with van der Waals surface area (Å²) in [5.41, 5.74) is 0. The highest BCUT2D eigenvalue weighted by Gasteiger charge is 2.45. The Kier molecular flexibility index (Phi) is 2.55. The van der Waals surface area contributed by atoms with E-state index in [1.165, 1.54) is 12.7 Å². The van der Waals surface area contributed by atoms with Gasteiger partial charge in [-0.05, 0) is 37.8 Å². The molecule has 5 heteroatoms. The molecular formula is C12H16N4O. The van der Waals surface area contributed by atoms with Crippen molar-refractivity contribution in [3.05, 3.63) is 18.6 Å². The van der Waals surface area contributed by atoms with Crippen molar-refractivity contribution in [1.82, 2.24) is 15.3 Å². The van der Waals surface area contributed by atoms with Crippen LogP contribution in [-0.4, -0.2) is 35.5 Å². The van der Waals surface area contributed by atoms with Crippen molar-refractivity contribution >= 4 is 11.7 Å². The molecule has 5 nitrogen and oxygen atoms in total. The molecular weight excluding hydrogens is 216 g/mol. The molecule has 0 aromatic carbocycles. The van der Waals surface area contributed by atoms with E-state index in [1.54, 1.807) is 17.2 Å². The Hall–Kier alpha value is -1.49. The monoisotopic (exact) mass is 232 g/mol. The van der Waals surface area contributed by atoms with Crippen LogP contribution in [0.5, 0.6) is 0 Å². The molecule has 1 aromatic heterocycles. The van der Waals surface area contributed by atoms with Gasteiger partial charge in [-0.2, -0.15) is 0 Å². The Bertz CT molecular complexity index is 422. The Morgan fingerprint density at radius 2 is 2.29 bits per heavy atom. The molecule has 1 saturated carbocycles. The van der Waals surface area contributed by atoms with E-state index in [0.29, 0.717) is 11.8 Å². The number of likely N-dealkylation sites (N-methyl/N-ethyl adjacent to an activating group) is 1. The van der Waals surface area contributed by atoms with Crippen LogP contribution in [-0.2, 0) is 4.79 Å². The molecule has 1 N–H and O–H groups in total. The Morgan fingerprint density at radius 1 is 1.41 bits per heavy atom. The van der Waals surface area contributed by atoms with Crippen LogP contribution < -0.4 is 10.2 Å². The summed E-state index contributed by atoms with van der Waals surface area (Å²) >= 11 is 0. The largest absolute Gasteiger partial charge is 0.309 e. The van der Waals surface area contributed by atoms with E-state index in [-0.39, 0.29) is 11.9 Å². The number of nitrogens with zero attached hydrogens (tertiary/aromatic N) is 3. The molecule has 0 radical (unpaired) electrons. The number of amides is 1. The molecule has 1 saturated heterocycles. The zero-order chi connectivity index (χ0) is 11.8. The van der Waals surface area contributed by atoms with Crippen LogP contribution in [0.3, 0.4) is 0 Å². The van der Waals surface area contributed by atoms with Crippen molar-refractivity contribution < 1.29 is 4.79 Å². The first-order valence-electron chi connectivity index (χ1n) is 6.04. The second kappa shape index (κ2) is 4.07. The van der Waals surface area contributed by atoms with E-state index < -0.39 is 0 Å². The number of hydrogen-bond donors (Lipinski definition) is 1. The fraction of sp³-hybridized carbons (Fsp3) is 0.583. The fourth-order valence-corrected chi connectivity index (χ4v) is 2.63. The highest BCUT2D eigenvalue weighted by atomic mass is 16.2. The van der Waals surface area contributed by atoms with Crippen molar-refractivity contribution in [3.63, 3.8) is 0 Å². The Morgan fingerprint density at radius 3 is 3.00 bits per heavy atom. The molecule has 2 fully saturated rings. The third-order valence-corrected chi connectivity index (χ3v) is 3.78. The lowest BCUT2D eigenvalue weighted by atomic mass is 10.1. The van der Waals surface area contributed by atoms with E-state index in [4.69, 9.17) is 0 Å². The standard InChI is InChI=1S/C12H16N4O/c1-13-10-5-8-4-9(8)6-16(12(10)17)11-2-3-14-7-15-11/h2-3,7-10,13H,4-6H2,1H3. The van der Waals surface area contributed by atoms with Gasteiger partial charge in [-0.1, -0.05) is 0 Å². The van der Waals surface area contributed by atoms with Gasteiger partial charge in [0.1, 0.15) is 12.1 Å². The minimum absolute atomic E-state index is 0.0672. The van der Waals surface area contributed by atoms with Crippen molar-refractivity contribution in [1.29, 1.82) is 0 Å². The minimum atomic E-state index is -0.0672. The highest BCUT2D eigenvalue weighted by Crippen LogP contribution is 2.45. The first-order valence-corrected chi connectivity index (χ1v) is 6.04. The number of fused-ring (bicyclic) bond motifs is 1. The summed E-state index contributed by atoms with van der Waals surface area (Å²) in [6.07, 6.45) is 5.38. The summed E-state index contributed by atoms with van der Waals surface area (Å²) in [5.74, 6) is 2.23. The third kappa shape index (κ3) is 1.91. The van der Waals surface area contributed by atoms with Gasteiger partial charge in [-0.25, -0.2) is 9.97 Å². The van der Waals surface area contributed by atoms with Crippen molar-refractivity contribution in [2.75, 3.05) is 18.5 Å². The van der Waals surface area contributed by atoms with Gasteiger partial charge >= 0.3 is 0 Å². The first-order chi connectivity index (χ1) is 8.29. The summed E-state index contributed by atoms with van der Waals surface area (Å²) in [4.78, 5) is 22.2. The lowest BCUT2D eigenvalue weighted by molar-refractivity contribution is -0.120. The topological polar surface area (TPSA) is 58.1 Å². The lowest BCUT2D eigenvalue weighted by Gasteiger charge is -2.24. The smallest absolute Gasteiger partial charge is 0.245 e. The van der Waals surface area contributed by atoms with E-state index >= 15 is 0 Å². The molecule has 1 aliphatic heterocycles. The molecule has 3 atom stereocenters. The van der Waals surface area contributed by atoms with E-state index in [1.807, 2.05) is 7.05 Å². The van der Waals surface area contributed by atoms with Crippen molar-refractivity contribution in [2.45, 2.75) is 18.9 Å². The Balaban J connectivity index is 1.89. The minimum Gasteiger partial charge on any atom is -0.309 e. The number of hydrogen-bond acceptors (Lipinski definition) is 4. The summed E-state index contributed by atoms with van der Waals surface area (Å²) in [6, 6.07) is 1.73. The fourth-order valence-electron chi connectivity index (χ4n) is 2.63. The van der Waals surface area contributed by atoms with Gasteiger partial charge in [0.2, 0.25) is 5.91 Å². The quantitative estimate of drug-likeness (QED) is 0.803. The van der Waals surface area contributed by atoms with Crippen molar-refractivity contribution in [2.24, 2.45) is 11.8 Å². The summed E-state index contributed by atoms with van der Waals surface area (Å²) in [7, 11) is 1.85. The van der Waals surface area contributed by atoms with Gasteiger partial charge in [0.15, 0.2) is 0 Å². The van der Waals surface area contributed by atoms with Gasteiger partial charge in [-0.3, -0.25) is 9.69 Å². The molecule has 1 aliphatic carbocycles. The zero-order valence-corrected chi connectivity index (χ0v) is 9.84. The van der Waals surface area contributed by atoms with Gasteiger partial charge in [0.05, 0.1) is 6.04 Å².